The zero-order valence-corrected chi connectivity index (χ0v) is 14.8. The summed E-state index contributed by atoms with van der Waals surface area (Å²) in [5, 5.41) is 0. The zero-order chi connectivity index (χ0) is 16.5. The van der Waals surface area contributed by atoms with Gasteiger partial charge in [0.2, 0.25) is 5.91 Å². The first-order valence-electron chi connectivity index (χ1n) is 9.73. The minimum absolute atomic E-state index is 0.403. The number of ether oxygens (including phenoxy) is 1. The lowest BCUT2D eigenvalue weighted by Crippen LogP contribution is -2.39. The molecule has 1 saturated carbocycles. The molecule has 1 aliphatic heterocycles. The van der Waals surface area contributed by atoms with E-state index in [1.54, 1.807) is 7.11 Å². The standard InChI is InChI=1S/C21H29NO2/c1-24-20-8-4-7-16-17-13-14-22(19(17)11-10-18(16)20)21(23)12-9-15-5-2-3-6-15/h4,7-8,15,17,19H,2-3,5-6,9-14H2,1H3/t17-,19+/m1/s1. The molecule has 2 aliphatic carbocycles. The number of fused-ring (bicyclic) bond motifs is 3. The maximum atomic E-state index is 12.8. The van der Waals surface area contributed by atoms with E-state index in [1.807, 2.05) is 0 Å². The van der Waals surface area contributed by atoms with Gasteiger partial charge in [0, 0.05) is 24.9 Å². The molecule has 1 amide bonds. The van der Waals surface area contributed by atoms with Crippen molar-refractivity contribution in [3.05, 3.63) is 29.3 Å². The fraction of sp³-hybridized carbons (Fsp3) is 0.667. The minimum atomic E-state index is 0.403. The number of hydrogen-bond acceptors (Lipinski definition) is 2. The van der Waals surface area contributed by atoms with Crippen LogP contribution in [0, 0.1) is 5.92 Å². The Balaban J connectivity index is 1.44. The molecule has 0 N–H and O–H groups in total. The second kappa shape index (κ2) is 6.78. The second-order valence-electron chi connectivity index (χ2n) is 7.81. The molecule has 1 heterocycles. The van der Waals surface area contributed by atoms with Crippen LogP contribution in [-0.2, 0) is 11.2 Å². The molecule has 1 aromatic carbocycles. The largest absolute Gasteiger partial charge is 0.496 e. The molecule has 1 saturated heterocycles. The summed E-state index contributed by atoms with van der Waals surface area (Å²) in [6, 6.07) is 6.84. The van der Waals surface area contributed by atoms with Gasteiger partial charge in [0.1, 0.15) is 5.75 Å². The third-order valence-electron chi connectivity index (χ3n) is 6.59. The quantitative estimate of drug-likeness (QED) is 0.825. The summed E-state index contributed by atoms with van der Waals surface area (Å²) in [4.78, 5) is 15.0. The fourth-order valence-corrected chi connectivity index (χ4v) is 5.33. The fourth-order valence-electron chi connectivity index (χ4n) is 5.33. The Morgan fingerprint density at radius 3 is 2.83 bits per heavy atom. The molecule has 0 unspecified atom stereocenters. The van der Waals surface area contributed by atoms with Crippen LogP contribution in [0.1, 0.15) is 68.4 Å². The molecule has 130 valence electrons. The van der Waals surface area contributed by atoms with Crippen molar-refractivity contribution in [2.75, 3.05) is 13.7 Å². The smallest absolute Gasteiger partial charge is 0.222 e. The van der Waals surface area contributed by atoms with Gasteiger partial charge in [0.15, 0.2) is 0 Å². The molecule has 3 aliphatic rings. The highest BCUT2D eigenvalue weighted by molar-refractivity contribution is 5.77. The Morgan fingerprint density at radius 2 is 2.04 bits per heavy atom. The van der Waals surface area contributed by atoms with Crippen molar-refractivity contribution in [1.82, 2.24) is 4.90 Å². The first kappa shape index (κ1) is 16.0. The highest BCUT2D eigenvalue weighted by Crippen LogP contribution is 2.44. The highest BCUT2D eigenvalue weighted by Gasteiger charge is 2.41. The summed E-state index contributed by atoms with van der Waals surface area (Å²) in [5.74, 6) is 2.75. The molecule has 0 bridgehead atoms. The van der Waals surface area contributed by atoms with Gasteiger partial charge in [-0.3, -0.25) is 4.79 Å². The van der Waals surface area contributed by atoms with Crippen molar-refractivity contribution in [2.45, 2.75) is 69.7 Å². The Morgan fingerprint density at radius 1 is 1.21 bits per heavy atom. The number of likely N-dealkylation sites (tertiary alicyclic amines) is 1. The molecular weight excluding hydrogens is 298 g/mol. The topological polar surface area (TPSA) is 29.5 Å². The molecule has 3 nitrogen and oxygen atoms in total. The average Bonchev–Trinajstić information content (AvgIpc) is 3.28. The van der Waals surface area contributed by atoms with Gasteiger partial charge in [-0.15, -0.1) is 0 Å². The van der Waals surface area contributed by atoms with E-state index in [2.05, 4.69) is 23.1 Å². The number of carbonyl (C=O) groups is 1. The van der Waals surface area contributed by atoms with Crippen LogP contribution in [0.15, 0.2) is 18.2 Å². The van der Waals surface area contributed by atoms with E-state index < -0.39 is 0 Å². The highest BCUT2D eigenvalue weighted by atomic mass is 16.5. The van der Waals surface area contributed by atoms with Crippen LogP contribution in [0.5, 0.6) is 5.75 Å². The third-order valence-corrected chi connectivity index (χ3v) is 6.59. The molecule has 0 radical (unpaired) electrons. The van der Waals surface area contributed by atoms with E-state index in [1.165, 1.54) is 36.8 Å². The summed E-state index contributed by atoms with van der Waals surface area (Å²) in [7, 11) is 1.76. The van der Waals surface area contributed by atoms with E-state index in [0.717, 1.165) is 50.3 Å². The number of hydrogen-bond donors (Lipinski definition) is 0. The number of carbonyl (C=O) groups excluding carboxylic acids is 1. The van der Waals surface area contributed by atoms with Gasteiger partial charge in [-0.05, 0) is 48.8 Å². The van der Waals surface area contributed by atoms with Gasteiger partial charge in [0.25, 0.3) is 0 Å². The number of amides is 1. The molecule has 3 heteroatoms. The van der Waals surface area contributed by atoms with E-state index in [-0.39, 0.29) is 0 Å². The maximum Gasteiger partial charge on any atom is 0.222 e. The van der Waals surface area contributed by atoms with Gasteiger partial charge in [-0.25, -0.2) is 0 Å². The maximum absolute atomic E-state index is 12.8. The van der Waals surface area contributed by atoms with Crippen molar-refractivity contribution >= 4 is 5.91 Å². The lowest BCUT2D eigenvalue weighted by molar-refractivity contribution is -0.132. The minimum Gasteiger partial charge on any atom is -0.496 e. The first-order valence-corrected chi connectivity index (χ1v) is 9.73. The predicted molar refractivity (Wildman–Crippen MR) is 95.4 cm³/mol. The van der Waals surface area contributed by atoms with Crippen LogP contribution in [0.3, 0.4) is 0 Å². The number of methoxy groups -OCH3 is 1. The van der Waals surface area contributed by atoms with Crippen LogP contribution < -0.4 is 4.74 Å². The van der Waals surface area contributed by atoms with E-state index in [9.17, 15) is 4.79 Å². The summed E-state index contributed by atoms with van der Waals surface area (Å²) in [6.07, 6.45) is 10.5. The molecule has 2 atom stereocenters. The number of benzene rings is 1. The van der Waals surface area contributed by atoms with Gasteiger partial charge in [-0.2, -0.15) is 0 Å². The number of rotatable bonds is 4. The van der Waals surface area contributed by atoms with Crippen LogP contribution in [0.25, 0.3) is 0 Å². The van der Waals surface area contributed by atoms with Gasteiger partial charge in [0.05, 0.1) is 7.11 Å². The lowest BCUT2D eigenvalue weighted by Gasteiger charge is -2.34. The summed E-state index contributed by atoms with van der Waals surface area (Å²) in [5.41, 5.74) is 2.80. The third kappa shape index (κ3) is 2.82. The monoisotopic (exact) mass is 327 g/mol. The summed E-state index contributed by atoms with van der Waals surface area (Å²) in [6.45, 7) is 0.940. The van der Waals surface area contributed by atoms with Crippen molar-refractivity contribution in [3.8, 4) is 5.75 Å². The average molecular weight is 327 g/mol. The van der Waals surface area contributed by atoms with E-state index >= 15 is 0 Å². The molecule has 4 rings (SSSR count). The van der Waals surface area contributed by atoms with Crippen molar-refractivity contribution in [2.24, 2.45) is 5.92 Å². The molecule has 0 aromatic heterocycles. The van der Waals surface area contributed by atoms with Crippen LogP contribution in [0.4, 0.5) is 0 Å². The lowest BCUT2D eigenvalue weighted by atomic mass is 9.79. The Labute approximate surface area is 145 Å². The molecule has 2 fully saturated rings. The first-order chi connectivity index (χ1) is 11.8. The normalized spacial score (nSPS) is 26.3. The van der Waals surface area contributed by atoms with Crippen molar-refractivity contribution < 1.29 is 9.53 Å². The Bertz CT molecular complexity index is 606. The van der Waals surface area contributed by atoms with Gasteiger partial charge < -0.3 is 9.64 Å². The SMILES string of the molecule is COc1cccc2c1CC[C@H]1[C@@H]2CCN1C(=O)CCC1CCCC1. The van der Waals surface area contributed by atoms with Crippen molar-refractivity contribution in [1.29, 1.82) is 0 Å². The molecule has 1 aromatic rings. The molecular formula is C21H29NO2. The van der Waals surface area contributed by atoms with Crippen LogP contribution in [-0.4, -0.2) is 30.5 Å². The Kier molecular flexibility index (Phi) is 4.51. The van der Waals surface area contributed by atoms with E-state index in [4.69, 9.17) is 4.74 Å². The Hall–Kier alpha value is -1.51. The predicted octanol–water partition coefficient (Wildman–Crippen LogP) is 4.30. The number of nitrogens with zero attached hydrogens (tertiary/aromatic N) is 1. The van der Waals surface area contributed by atoms with Crippen LogP contribution in [0.2, 0.25) is 0 Å². The molecule has 0 spiro atoms. The summed E-state index contributed by atoms with van der Waals surface area (Å²) >= 11 is 0. The molecule has 24 heavy (non-hydrogen) atoms. The van der Waals surface area contributed by atoms with Crippen LogP contribution >= 0.6 is 0 Å². The van der Waals surface area contributed by atoms with Gasteiger partial charge in [-0.1, -0.05) is 37.8 Å². The van der Waals surface area contributed by atoms with Crippen molar-refractivity contribution in [3.63, 3.8) is 0 Å². The van der Waals surface area contributed by atoms with Gasteiger partial charge >= 0.3 is 0 Å². The summed E-state index contributed by atoms with van der Waals surface area (Å²) < 4.78 is 5.55. The zero-order valence-electron chi connectivity index (χ0n) is 14.8. The van der Waals surface area contributed by atoms with E-state index in [0.29, 0.717) is 17.9 Å². The second-order valence-corrected chi connectivity index (χ2v) is 7.81.